The lowest BCUT2D eigenvalue weighted by Gasteiger charge is -2.26. The van der Waals surface area contributed by atoms with Gasteiger partial charge >= 0.3 is 0 Å². The number of allylic oxidation sites excluding steroid dienone is 1. The van der Waals surface area contributed by atoms with Crippen molar-refractivity contribution in [3.8, 4) is 11.3 Å². The van der Waals surface area contributed by atoms with Crippen LogP contribution in [0.15, 0.2) is 49.2 Å². The SMILES string of the molecule is C=CC1CCC(CCc2ccc(-c3ccc(Cl)c(F)c3)nc2)CC1. The van der Waals surface area contributed by atoms with Crippen molar-refractivity contribution in [3.05, 3.63) is 65.6 Å². The van der Waals surface area contributed by atoms with Gasteiger partial charge < -0.3 is 0 Å². The van der Waals surface area contributed by atoms with Crippen LogP contribution >= 0.6 is 11.6 Å². The number of nitrogens with zero attached hydrogens (tertiary/aromatic N) is 1. The Kier molecular flexibility index (Phi) is 5.68. The average molecular weight is 344 g/mol. The molecule has 3 heteroatoms. The molecule has 1 aliphatic carbocycles. The number of aryl methyl sites for hydroxylation is 1. The quantitative estimate of drug-likeness (QED) is 0.567. The molecule has 0 amide bonds. The summed E-state index contributed by atoms with van der Waals surface area (Å²) < 4.78 is 13.6. The maximum Gasteiger partial charge on any atom is 0.142 e. The maximum absolute atomic E-state index is 13.6. The summed E-state index contributed by atoms with van der Waals surface area (Å²) >= 11 is 5.73. The molecule has 0 atom stereocenters. The van der Waals surface area contributed by atoms with E-state index >= 15 is 0 Å². The largest absolute Gasteiger partial charge is 0.256 e. The molecule has 0 spiro atoms. The summed E-state index contributed by atoms with van der Waals surface area (Å²) in [5, 5.41) is 0.140. The van der Waals surface area contributed by atoms with E-state index in [0.29, 0.717) is 0 Å². The van der Waals surface area contributed by atoms with Crippen LogP contribution in [0.5, 0.6) is 0 Å². The molecular weight excluding hydrogens is 321 g/mol. The van der Waals surface area contributed by atoms with E-state index in [1.54, 1.807) is 12.1 Å². The van der Waals surface area contributed by atoms with Gasteiger partial charge in [-0.15, -0.1) is 6.58 Å². The minimum Gasteiger partial charge on any atom is -0.256 e. The molecule has 126 valence electrons. The van der Waals surface area contributed by atoms with Crippen molar-refractivity contribution in [2.45, 2.75) is 38.5 Å². The van der Waals surface area contributed by atoms with Crippen molar-refractivity contribution >= 4 is 11.6 Å². The number of rotatable bonds is 5. The van der Waals surface area contributed by atoms with Gasteiger partial charge in [0.25, 0.3) is 0 Å². The van der Waals surface area contributed by atoms with Crippen molar-refractivity contribution in [2.75, 3.05) is 0 Å². The molecule has 0 aliphatic heterocycles. The fourth-order valence-electron chi connectivity index (χ4n) is 3.48. The molecule has 0 radical (unpaired) electrons. The molecule has 0 unspecified atom stereocenters. The van der Waals surface area contributed by atoms with Crippen LogP contribution in [-0.2, 0) is 6.42 Å². The van der Waals surface area contributed by atoms with Gasteiger partial charge in [-0.2, -0.15) is 0 Å². The molecular formula is C21H23ClFN. The first-order valence-corrected chi connectivity index (χ1v) is 9.06. The van der Waals surface area contributed by atoms with Crippen LogP contribution in [0.3, 0.4) is 0 Å². The molecule has 1 heterocycles. The van der Waals surface area contributed by atoms with Gasteiger partial charge in [-0.1, -0.05) is 29.8 Å². The highest BCUT2D eigenvalue weighted by Crippen LogP contribution is 2.32. The Labute approximate surface area is 148 Å². The molecule has 1 saturated carbocycles. The van der Waals surface area contributed by atoms with Crippen LogP contribution in [0.4, 0.5) is 4.39 Å². The predicted octanol–water partition coefficient (Wildman–Crippen LogP) is 6.47. The van der Waals surface area contributed by atoms with Gasteiger partial charge in [0.1, 0.15) is 5.82 Å². The summed E-state index contributed by atoms with van der Waals surface area (Å²) in [5.41, 5.74) is 2.78. The van der Waals surface area contributed by atoms with Gasteiger partial charge in [-0.3, -0.25) is 4.98 Å². The molecule has 1 aliphatic rings. The van der Waals surface area contributed by atoms with E-state index in [1.807, 2.05) is 12.3 Å². The van der Waals surface area contributed by atoms with Gasteiger partial charge in [0.05, 0.1) is 10.7 Å². The number of hydrogen-bond donors (Lipinski definition) is 0. The Morgan fingerprint density at radius 2 is 1.96 bits per heavy atom. The third-order valence-corrected chi connectivity index (χ3v) is 5.41. The predicted molar refractivity (Wildman–Crippen MR) is 98.6 cm³/mol. The van der Waals surface area contributed by atoms with Gasteiger partial charge in [0.15, 0.2) is 0 Å². The van der Waals surface area contributed by atoms with E-state index in [-0.39, 0.29) is 5.02 Å². The van der Waals surface area contributed by atoms with Crippen molar-refractivity contribution in [2.24, 2.45) is 11.8 Å². The number of halogens is 2. The lowest BCUT2D eigenvalue weighted by atomic mass is 9.80. The van der Waals surface area contributed by atoms with Gasteiger partial charge in [-0.05, 0) is 74.1 Å². The number of benzene rings is 1. The van der Waals surface area contributed by atoms with E-state index < -0.39 is 5.82 Å². The normalized spacial score (nSPS) is 20.8. The minimum absolute atomic E-state index is 0.140. The first-order valence-electron chi connectivity index (χ1n) is 8.68. The minimum atomic E-state index is -0.407. The summed E-state index contributed by atoms with van der Waals surface area (Å²) in [4.78, 5) is 4.49. The molecule has 3 rings (SSSR count). The second-order valence-corrected chi connectivity index (χ2v) is 7.14. The summed E-state index contributed by atoms with van der Waals surface area (Å²) in [6, 6.07) is 8.87. The molecule has 1 aromatic carbocycles. The second kappa shape index (κ2) is 7.94. The summed E-state index contributed by atoms with van der Waals surface area (Å²) in [6.45, 7) is 3.91. The molecule has 1 aromatic heterocycles. The lowest BCUT2D eigenvalue weighted by Crippen LogP contribution is -2.13. The maximum atomic E-state index is 13.6. The summed E-state index contributed by atoms with van der Waals surface area (Å²) in [7, 11) is 0. The molecule has 0 bridgehead atoms. The van der Waals surface area contributed by atoms with Crippen LogP contribution in [0.1, 0.15) is 37.7 Å². The average Bonchev–Trinajstić information content (AvgIpc) is 2.63. The monoisotopic (exact) mass is 343 g/mol. The second-order valence-electron chi connectivity index (χ2n) is 6.74. The third kappa shape index (κ3) is 4.24. The van der Waals surface area contributed by atoms with Crippen molar-refractivity contribution in [1.82, 2.24) is 4.98 Å². The van der Waals surface area contributed by atoms with Crippen LogP contribution < -0.4 is 0 Å². The fraction of sp³-hybridized carbons (Fsp3) is 0.381. The molecule has 24 heavy (non-hydrogen) atoms. The Hall–Kier alpha value is -1.67. The van der Waals surface area contributed by atoms with Crippen molar-refractivity contribution < 1.29 is 4.39 Å². The van der Waals surface area contributed by atoms with Crippen LogP contribution in [0, 0.1) is 17.7 Å². The summed E-state index contributed by atoms with van der Waals surface area (Å²) in [5.74, 6) is 1.14. The van der Waals surface area contributed by atoms with E-state index in [9.17, 15) is 4.39 Å². The van der Waals surface area contributed by atoms with E-state index in [1.165, 1.54) is 43.7 Å². The smallest absolute Gasteiger partial charge is 0.142 e. The van der Waals surface area contributed by atoms with Gasteiger partial charge in [-0.25, -0.2) is 4.39 Å². The number of aromatic nitrogens is 1. The molecule has 1 nitrogen and oxygen atoms in total. The zero-order valence-corrected chi connectivity index (χ0v) is 14.6. The first-order chi connectivity index (χ1) is 11.7. The Morgan fingerprint density at radius 3 is 2.58 bits per heavy atom. The lowest BCUT2D eigenvalue weighted by molar-refractivity contribution is 0.296. The number of hydrogen-bond acceptors (Lipinski definition) is 1. The molecule has 0 saturated heterocycles. The molecule has 0 N–H and O–H groups in total. The van der Waals surface area contributed by atoms with Crippen molar-refractivity contribution in [1.29, 1.82) is 0 Å². The van der Waals surface area contributed by atoms with E-state index in [2.05, 4.69) is 23.7 Å². The zero-order valence-electron chi connectivity index (χ0n) is 13.8. The van der Waals surface area contributed by atoms with Crippen LogP contribution in [0.2, 0.25) is 5.02 Å². The Balaban J connectivity index is 1.57. The highest BCUT2D eigenvalue weighted by Gasteiger charge is 2.18. The highest BCUT2D eigenvalue weighted by atomic mass is 35.5. The zero-order chi connectivity index (χ0) is 16.9. The third-order valence-electron chi connectivity index (χ3n) is 5.11. The topological polar surface area (TPSA) is 12.9 Å². The Morgan fingerprint density at radius 1 is 1.17 bits per heavy atom. The fourth-order valence-corrected chi connectivity index (χ4v) is 3.60. The number of pyridine rings is 1. The Bertz CT molecular complexity index is 687. The standard InChI is InChI=1S/C21H23ClFN/c1-2-15-3-5-16(6-4-15)7-8-17-9-12-21(24-14-17)18-10-11-19(22)20(23)13-18/h2,9-16H,1,3-8H2. The first kappa shape index (κ1) is 17.2. The van der Waals surface area contributed by atoms with Crippen molar-refractivity contribution in [3.63, 3.8) is 0 Å². The highest BCUT2D eigenvalue weighted by molar-refractivity contribution is 6.30. The summed E-state index contributed by atoms with van der Waals surface area (Å²) in [6.07, 6.45) is 11.5. The molecule has 2 aromatic rings. The van der Waals surface area contributed by atoms with Gasteiger partial charge in [0, 0.05) is 11.8 Å². The van der Waals surface area contributed by atoms with Crippen LogP contribution in [0.25, 0.3) is 11.3 Å². The van der Waals surface area contributed by atoms with E-state index in [0.717, 1.165) is 29.5 Å². The van der Waals surface area contributed by atoms with E-state index in [4.69, 9.17) is 11.6 Å². The van der Waals surface area contributed by atoms with Crippen LogP contribution in [-0.4, -0.2) is 4.98 Å². The molecule has 1 fully saturated rings. The van der Waals surface area contributed by atoms with Gasteiger partial charge in [0.2, 0.25) is 0 Å².